The van der Waals surface area contributed by atoms with Gasteiger partial charge in [0, 0.05) is 18.5 Å². The van der Waals surface area contributed by atoms with E-state index >= 15 is 0 Å². The molecule has 112 valence electrons. The third-order valence-electron chi connectivity index (χ3n) is 3.95. The van der Waals surface area contributed by atoms with Gasteiger partial charge in [0.25, 0.3) is 0 Å². The summed E-state index contributed by atoms with van der Waals surface area (Å²) in [5.74, 6) is 0.147. The summed E-state index contributed by atoms with van der Waals surface area (Å²) in [6, 6.07) is 0. The Morgan fingerprint density at radius 3 is 2.60 bits per heavy atom. The Labute approximate surface area is 117 Å². The smallest absolute Gasteiger partial charge is 0.246 e. The highest BCUT2D eigenvalue weighted by atomic mass is 32.2. The lowest BCUT2D eigenvalue weighted by atomic mass is 9.80. The van der Waals surface area contributed by atoms with Crippen LogP contribution in [0.15, 0.2) is 16.2 Å². The molecule has 2 heterocycles. The maximum absolute atomic E-state index is 12.5. The minimum absolute atomic E-state index is 0.147. The first kappa shape index (κ1) is 14.8. The van der Waals surface area contributed by atoms with Crippen molar-refractivity contribution in [3.8, 4) is 0 Å². The molecule has 1 aliphatic rings. The first-order chi connectivity index (χ1) is 9.31. The summed E-state index contributed by atoms with van der Waals surface area (Å²) in [6.45, 7) is 4.21. The zero-order chi connectivity index (χ0) is 15.0. The summed E-state index contributed by atoms with van der Waals surface area (Å²) in [4.78, 5) is 0.199. The number of sulfonamides is 1. The number of aromatic amines is 1. The molecule has 0 bridgehead atoms. The Kier molecular flexibility index (Phi) is 3.74. The number of amidine groups is 1. The van der Waals surface area contributed by atoms with E-state index in [4.69, 9.17) is 10.9 Å². The quantitative estimate of drug-likeness (QED) is 0.319. The molecule has 9 heteroatoms. The Hall–Kier alpha value is -1.61. The van der Waals surface area contributed by atoms with E-state index in [2.05, 4.69) is 15.4 Å². The van der Waals surface area contributed by atoms with Crippen molar-refractivity contribution in [2.75, 3.05) is 13.1 Å². The van der Waals surface area contributed by atoms with E-state index in [0.717, 1.165) is 0 Å². The number of oxime groups is 1. The van der Waals surface area contributed by atoms with Crippen LogP contribution < -0.4 is 5.73 Å². The molecule has 0 amide bonds. The van der Waals surface area contributed by atoms with E-state index in [9.17, 15) is 8.42 Å². The van der Waals surface area contributed by atoms with Crippen molar-refractivity contribution in [1.29, 1.82) is 0 Å². The van der Waals surface area contributed by atoms with Gasteiger partial charge in [0.05, 0.1) is 11.9 Å². The van der Waals surface area contributed by atoms with Gasteiger partial charge in [0.2, 0.25) is 10.0 Å². The SMILES string of the molecule is Cc1[nH]ncc1S(=O)(=O)N1CCC(C)(C(N)=NO)CC1. The van der Waals surface area contributed by atoms with Crippen LogP contribution in [-0.2, 0) is 10.0 Å². The van der Waals surface area contributed by atoms with Gasteiger partial charge in [0.15, 0.2) is 0 Å². The minimum atomic E-state index is -3.54. The largest absolute Gasteiger partial charge is 0.409 e. The van der Waals surface area contributed by atoms with Crippen LogP contribution in [0.2, 0.25) is 0 Å². The van der Waals surface area contributed by atoms with Crippen molar-refractivity contribution in [2.24, 2.45) is 16.3 Å². The molecule has 4 N–H and O–H groups in total. The molecule has 1 fully saturated rings. The van der Waals surface area contributed by atoms with Crippen LogP contribution in [-0.4, -0.2) is 47.1 Å². The van der Waals surface area contributed by atoms with Crippen molar-refractivity contribution in [3.05, 3.63) is 11.9 Å². The number of hydrogen-bond donors (Lipinski definition) is 3. The summed E-state index contributed by atoms with van der Waals surface area (Å²) < 4.78 is 26.4. The fraction of sp³-hybridized carbons (Fsp3) is 0.636. The van der Waals surface area contributed by atoms with E-state index in [1.165, 1.54) is 10.5 Å². The summed E-state index contributed by atoms with van der Waals surface area (Å²) in [7, 11) is -3.54. The number of aromatic nitrogens is 2. The second-order valence-electron chi connectivity index (χ2n) is 5.31. The van der Waals surface area contributed by atoms with Crippen molar-refractivity contribution in [1.82, 2.24) is 14.5 Å². The van der Waals surface area contributed by atoms with Crippen molar-refractivity contribution in [3.63, 3.8) is 0 Å². The average molecular weight is 301 g/mol. The van der Waals surface area contributed by atoms with Crippen LogP contribution in [0.3, 0.4) is 0 Å². The van der Waals surface area contributed by atoms with E-state index in [-0.39, 0.29) is 10.7 Å². The fourth-order valence-electron chi connectivity index (χ4n) is 2.34. The number of piperidine rings is 1. The van der Waals surface area contributed by atoms with Crippen molar-refractivity contribution in [2.45, 2.75) is 31.6 Å². The summed E-state index contributed by atoms with van der Waals surface area (Å²) in [6.07, 6.45) is 2.35. The Morgan fingerprint density at radius 1 is 1.55 bits per heavy atom. The van der Waals surface area contributed by atoms with Gasteiger partial charge in [0.1, 0.15) is 10.7 Å². The van der Waals surface area contributed by atoms with Gasteiger partial charge < -0.3 is 10.9 Å². The highest BCUT2D eigenvalue weighted by molar-refractivity contribution is 7.89. The predicted molar refractivity (Wildman–Crippen MR) is 72.8 cm³/mol. The van der Waals surface area contributed by atoms with E-state index in [1.807, 2.05) is 6.92 Å². The standard InChI is InChI=1S/C11H19N5O3S/c1-8-9(7-13-14-8)20(18,19)16-5-3-11(2,4-6-16)10(12)15-17/h7,17H,3-6H2,1-2H3,(H2,12,15)(H,13,14). The van der Waals surface area contributed by atoms with Crippen LogP contribution in [0.4, 0.5) is 0 Å². The normalized spacial score (nSPS) is 21.0. The Balaban J connectivity index is 2.18. The van der Waals surface area contributed by atoms with E-state index in [0.29, 0.717) is 31.6 Å². The second kappa shape index (κ2) is 5.06. The molecule has 8 nitrogen and oxygen atoms in total. The van der Waals surface area contributed by atoms with Gasteiger partial charge in [-0.05, 0) is 19.8 Å². The first-order valence-electron chi connectivity index (χ1n) is 6.29. The first-order valence-corrected chi connectivity index (χ1v) is 7.73. The third-order valence-corrected chi connectivity index (χ3v) is 5.97. The fourth-order valence-corrected chi connectivity index (χ4v) is 3.90. The summed E-state index contributed by atoms with van der Waals surface area (Å²) in [5.41, 5.74) is 5.73. The molecule has 20 heavy (non-hydrogen) atoms. The van der Waals surface area contributed by atoms with Gasteiger partial charge in [-0.1, -0.05) is 12.1 Å². The summed E-state index contributed by atoms with van der Waals surface area (Å²) >= 11 is 0. The molecule has 0 unspecified atom stereocenters. The van der Waals surface area contributed by atoms with E-state index < -0.39 is 15.4 Å². The molecule has 1 aromatic rings. The molecule has 0 aromatic carbocycles. The van der Waals surface area contributed by atoms with Crippen LogP contribution >= 0.6 is 0 Å². The highest BCUT2D eigenvalue weighted by Crippen LogP contribution is 2.33. The number of hydrogen-bond acceptors (Lipinski definition) is 5. The monoisotopic (exact) mass is 301 g/mol. The second-order valence-corrected chi connectivity index (χ2v) is 7.22. The van der Waals surface area contributed by atoms with Gasteiger partial charge in [-0.25, -0.2) is 8.42 Å². The van der Waals surface area contributed by atoms with Crippen LogP contribution in [0.25, 0.3) is 0 Å². The molecule has 2 rings (SSSR count). The number of aryl methyl sites for hydroxylation is 1. The molecule has 0 spiro atoms. The number of H-pyrrole nitrogens is 1. The molecular weight excluding hydrogens is 282 g/mol. The van der Waals surface area contributed by atoms with Gasteiger partial charge in [-0.15, -0.1) is 0 Å². The number of nitrogens with one attached hydrogen (secondary N) is 1. The van der Waals surface area contributed by atoms with Gasteiger partial charge >= 0.3 is 0 Å². The van der Waals surface area contributed by atoms with Crippen LogP contribution in [0.1, 0.15) is 25.5 Å². The molecule has 0 aliphatic carbocycles. The molecule has 1 saturated heterocycles. The van der Waals surface area contributed by atoms with E-state index in [1.54, 1.807) is 6.92 Å². The average Bonchev–Trinajstić information content (AvgIpc) is 2.85. The molecule has 0 atom stereocenters. The highest BCUT2D eigenvalue weighted by Gasteiger charge is 2.38. The van der Waals surface area contributed by atoms with Gasteiger partial charge in [-0.2, -0.15) is 9.40 Å². The van der Waals surface area contributed by atoms with Gasteiger partial charge in [-0.3, -0.25) is 5.10 Å². The van der Waals surface area contributed by atoms with Crippen LogP contribution in [0, 0.1) is 12.3 Å². The van der Waals surface area contributed by atoms with Crippen molar-refractivity contribution < 1.29 is 13.6 Å². The third kappa shape index (κ3) is 2.38. The Morgan fingerprint density at radius 2 is 2.15 bits per heavy atom. The topological polar surface area (TPSA) is 125 Å². The summed E-state index contributed by atoms with van der Waals surface area (Å²) in [5, 5.41) is 18.2. The Bertz CT molecular complexity index is 614. The lowest BCUT2D eigenvalue weighted by molar-refractivity contribution is 0.229. The molecular formula is C11H19N5O3S. The maximum Gasteiger partial charge on any atom is 0.246 e. The molecule has 1 aliphatic heterocycles. The lowest BCUT2D eigenvalue weighted by Crippen LogP contribution is -2.47. The maximum atomic E-state index is 12.5. The number of rotatable bonds is 3. The van der Waals surface area contributed by atoms with Crippen molar-refractivity contribution >= 4 is 15.9 Å². The zero-order valence-electron chi connectivity index (χ0n) is 11.5. The molecule has 0 saturated carbocycles. The lowest BCUT2D eigenvalue weighted by Gasteiger charge is -2.37. The zero-order valence-corrected chi connectivity index (χ0v) is 12.3. The molecule has 1 aromatic heterocycles. The number of nitrogens with zero attached hydrogens (tertiary/aromatic N) is 3. The predicted octanol–water partition coefficient (Wildman–Crippen LogP) is 0.255. The minimum Gasteiger partial charge on any atom is -0.409 e. The number of nitrogens with two attached hydrogens (primary N) is 1. The molecule has 0 radical (unpaired) electrons. The van der Waals surface area contributed by atoms with Crippen LogP contribution in [0.5, 0.6) is 0 Å².